The van der Waals surface area contributed by atoms with Crippen LogP contribution in [0.1, 0.15) is 93.4 Å². The molecule has 0 fully saturated rings. The van der Waals surface area contributed by atoms with Crippen LogP contribution in [-0.2, 0) is 33.4 Å². The molecule has 0 spiro atoms. The maximum atomic E-state index is 12.8. The summed E-state index contributed by atoms with van der Waals surface area (Å²) in [5, 5.41) is 31.5. The number of carbonyl (C=O) groups excluding carboxylic acids is 5. The number of ketones is 2. The average molecular weight is 607 g/mol. The Morgan fingerprint density at radius 1 is 0.907 bits per heavy atom. The van der Waals surface area contributed by atoms with Crippen molar-refractivity contribution in [3.05, 3.63) is 35.5 Å². The van der Waals surface area contributed by atoms with E-state index in [9.17, 15) is 39.3 Å². The largest absolute Gasteiger partial charge is 0.462 e. The summed E-state index contributed by atoms with van der Waals surface area (Å²) in [4.78, 5) is 60.6. The zero-order valence-corrected chi connectivity index (χ0v) is 26.6. The van der Waals surface area contributed by atoms with Gasteiger partial charge in [0.05, 0.1) is 30.3 Å². The molecular weight excluding hydrogens is 556 g/mol. The van der Waals surface area contributed by atoms with Gasteiger partial charge in [-0.2, -0.15) is 0 Å². The molecule has 0 aromatic rings. The van der Waals surface area contributed by atoms with Crippen molar-refractivity contribution in [3.8, 4) is 0 Å². The van der Waals surface area contributed by atoms with Gasteiger partial charge in [-0.05, 0) is 63.0 Å². The topological polar surface area (TPSA) is 164 Å². The standard InChI is InChI=1S/C33H50O10/c1-9-24(10-2)15-25(34)14-19(4)13-18(3)11-12-26(35)21(6)28(37)16-27(36)20(5)23(8)42-30(39)17-29(38)31-22(7)32(40)43-33(31)41/h9,15,18-21,23,26-27,29,35-36,38H,1,10-14,16-17H2,2-8H3. The second-order valence-corrected chi connectivity index (χ2v) is 12.1. The molecule has 3 N–H and O–H groups in total. The van der Waals surface area contributed by atoms with E-state index in [2.05, 4.69) is 18.2 Å². The Hall–Kier alpha value is -2.95. The van der Waals surface area contributed by atoms with Gasteiger partial charge in [0, 0.05) is 30.3 Å². The molecule has 242 valence electrons. The molecule has 8 unspecified atom stereocenters. The van der Waals surface area contributed by atoms with E-state index in [1.54, 1.807) is 26.0 Å². The van der Waals surface area contributed by atoms with Gasteiger partial charge in [0.1, 0.15) is 11.9 Å². The molecular formula is C33H50O10. The molecule has 10 nitrogen and oxygen atoms in total. The predicted molar refractivity (Wildman–Crippen MR) is 160 cm³/mol. The minimum atomic E-state index is -1.58. The first-order chi connectivity index (χ1) is 20.0. The Kier molecular flexibility index (Phi) is 15.9. The number of hydrogen-bond donors (Lipinski definition) is 3. The smallest absolute Gasteiger partial charge is 0.345 e. The van der Waals surface area contributed by atoms with Crippen LogP contribution >= 0.6 is 0 Å². The molecule has 8 atom stereocenters. The Labute approximate surface area is 255 Å². The fourth-order valence-electron chi connectivity index (χ4n) is 5.10. The fourth-order valence-corrected chi connectivity index (χ4v) is 5.10. The SMILES string of the molecule is C=CC(=CC(=O)CC(C)CC(C)CCC(O)C(C)C(=O)CC(O)C(C)C(C)OC(=O)CC(O)C1=C(C)C(=O)OC1=O)CC. The monoisotopic (exact) mass is 606 g/mol. The first kappa shape index (κ1) is 38.1. The lowest BCUT2D eigenvalue weighted by Gasteiger charge is -2.27. The highest BCUT2D eigenvalue weighted by molar-refractivity contribution is 6.12. The molecule has 0 aliphatic carbocycles. The number of aliphatic hydroxyl groups excluding tert-OH is 3. The summed E-state index contributed by atoms with van der Waals surface area (Å²) in [6.45, 7) is 15.8. The summed E-state index contributed by atoms with van der Waals surface area (Å²) in [5.41, 5.74) is 0.552. The second-order valence-electron chi connectivity index (χ2n) is 12.1. The van der Waals surface area contributed by atoms with E-state index in [-0.39, 0.29) is 41.0 Å². The average Bonchev–Trinajstić information content (AvgIpc) is 3.19. The number of allylic oxidation sites excluding steroid dienone is 3. The fraction of sp³-hybridized carbons (Fsp3) is 0.667. The number of hydrogen-bond acceptors (Lipinski definition) is 10. The van der Waals surface area contributed by atoms with Gasteiger partial charge in [-0.3, -0.25) is 14.4 Å². The quantitative estimate of drug-likeness (QED) is 0.0800. The van der Waals surface area contributed by atoms with Crippen LogP contribution in [0.15, 0.2) is 35.5 Å². The Balaban J connectivity index is 2.51. The van der Waals surface area contributed by atoms with E-state index in [0.717, 1.165) is 18.4 Å². The van der Waals surface area contributed by atoms with E-state index in [0.29, 0.717) is 19.3 Å². The number of aliphatic hydroxyl groups is 3. The van der Waals surface area contributed by atoms with E-state index in [4.69, 9.17) is 4.74 Å². The number of Topliss-reactive ketones (excluding diaryl/α,β-unsaturated/α-hetero) is 1. The maximum Gasteiger partial charge on any atom is 0.345 e. The van der Waals surface area contributed by atoms with Crippen molar-refractivity contribution in [1.29, 1.82) is 0 Å². The summed E-state index contributed by atoms with van der Waals surface area (Å²) in [7, 11) is 0. The van der Waals surface area contributed by atoms with Crippen molar-refractivity contribution in [2.24, 2.45) is 23.7 Å². The third kappa shape index (κ3) is 12.3. The molecule has 0 aromatic heterocycles. The van der Waals surface area contributed by atoms with Crippen LogP contribution in [0, 0.1) is 23.7 Å². The highest BCUT2D eigenvalue weighted by atomic mass is 16.6. The summed E-state index contributed by atoms with van der Waals surface area (Å²) in [5.74, 6) is -3.91. The van der Waals surface area contributed by atoms with Gasteiger partial charge >= 0.3 is 17.9 Å². The van der Waals surface area contributed by atoms with Crippen molar-refractivity contribution >= 4 is 29.5 Å². The van der Waals surface area contributed by atoms with E-state index in [1.807, 2.05) is 13.8 Å². The second kappa shape index (κ2) is 18.0. The molecule has 0 aromatic carbocycles. The first-order valence-electron chi connectivity index (χ1n) is 15.1. The van der Waals surface area contributed by atoms with Gasteiger partial charge in [0.15, 0.2) is 5.78 Å². The molecule has 1 heterocycles. The lowest BCUT2D eigenvalue weighted by atomic mass is 9.85. The predicted octanol–water partition coefficient (Wildman–Crippen LogP) is 3.95. The number of cyclic esters (lactones) is 2. The molecule has 1 aliphatic rings. The molecule has 0 saturated carbocycles. The first-order valence-corrected chi connectivity index (χ1v) is 15.1. The molecule has 1 aliphatic heterocycles. The van der Waals surface area contributed by atoms with Gasteiger partial charge in [-0.25, -0.2) is 9.59 Å². The summed E-state index contributed by atoms with van der Waals surface area (Å²) in [6.07, 6.45) is 1.16. The number of rotatable bonds is 20. The van der Waals surface area contributed by atoms with Crippen LogP contribution in [0.4, 0.5) is 0 Å². The van der Waals surface area contributed by atoms with E-state index < -0.39 is 60.6 Å². The minimum Gasteiger partial charge on any atom is -0.462 e. The molecule has 0 radical (unpaired) electrons. The third-order valence-electron chi connectivity index (χ3n) is 8.30. The Bertz CT molecular complexity index is 1090. The zero-order chi connectivity index (χ0) is 33.0. The Morgan fingerprint density at radius 2 is 1.53 bits per heavy atom. The minimum absolute atomic E-state index is 0.0736. The third-order valence-corrected chi connectivity index (χ3v) is 8.30. The van der Waals surface area contributed by atoms with Gasteiger partial charge in [0.25, 0.3) is 0 Å². The normalized spacial score (nSPS) is 19.5. The van der Waals surface area contributed by atoms with Crippen molar-refractivity contribution in [2.75, 3.05) is 0 Å². The Morgan fingerprint density at radius 3 is 2.07 bits per heavy atom. The highest BCUT2D eigenvalue weighted by Gasteiger charge is 2.36. The molecule has 43 heavy (non-hydrogen) atoms. The van der Waals surface area contributed by atoms with Crippen LogP contribution in [0.25, 0.3) is 0 Å². The van der Waals surface area contributed by atoms with Crippen molar-refractivity contribution in [3.63, 3.8) is 0 Å². The van der Waals surface area contributed by atoms with Gasteiger partial charge in [-0.15, -0.1) is 0 Å². The molecule has 0 amide bonds. The number of carbonyl (C=O) groups is 5. The summed E-state index contributed by atoms with van der Waals surface area (Å²) in [6, 6.07) is 0. The molecule has 1 rings (SSSR count). The van der Waals surface area contributed by atoms with Crippen LogP contribution in [0.5, 0.6) is 0 Å². The van der Waals surface area contributed by atoms with Gasteiger partial charge < -0.3 is 24.8 Å². The van der Waals surface area contributed by atoms with Gasteiger partial charge in [-0.1, -0.05) is 47.3 Å². The van der Waals surface area contributed by atoms with Crippen LogP contribution < -0.4 is 0 Å². The molecule has 0 saturated heterocycles. The lowest BCUT2D eigenvalue weighted by molar-refractivity contribution is -0.154. The van der Waals surface area contributed by atoms with Crippen LogP contribution in [0.3, 0.4) is 0 Å². The summed E-state index contributed by atoms with van der Waals surface area (Å²) < 4.78 is 9.71. The maximum absolute atomic E-state index is 12.8. The van der Waals surface area contributed by atoms with Crippen molar-refractivity contribution in [2.45, 2.75) is 118 Å². The van der Waals surface area contributed by atoms with E-state index in [1.165, 1.54) is 13.8 Å². The lowest BCUT2D eigenvalue weighted by Crippen LogP contribution is -2.36. The number of esters is 3. The summed E-state index contributed by atoms with van der Waals surface area (Å²) >= 11 is 0. The van der Waals surface area contributed by atoms with E-state index >= 15 is 0 Å². The zero-order valence-electron chi connectivity index (χ0n) is 26.6. The van der Waals surface area contributed by atoms with Gasteiger partial charge in [0.2, 0.25) is 0 Å². The highest BCUT2D eigenvalue weighted by Crippen LogP contribution is 2.25. The van der Waals surface area contributed by atoms with Crippen LogP contribution in [0.2, 0.25) is 0 Å². The van der Waals surface area contributed by atoms with Crippen molar-refractivity contribution < 1.29 is 48.8 Å². The number of ether oxygens (including phenoxy) is 2. The van der Waals surface area contributed by atoms with Crippen molar-refractivity contribution in [1.82, 2.24) is 0 Å². The molecule has 10 heteroatoms. The van der Waals surface area contributed by atoms with Crippen LogP contribution in [-0.4, -0.2) is 69.2 Å². The molecule has 0 bridgehead atoms.